The van der Waals surface area contributed by atoms with Gasteiger partial charge in [-0.05, 0) is 110 Å². The summed E-state index contributed by atoms with van der Waals surface area (Å²) in [7, 11) is 0. The van der Waals surface area contributed by atoms with E-state index in [2.05, 4.69) is 27.7 Å². The molecule has 1 aliphatic heterocycles. The van der Waals surface area contributed by atoms with Crippen molar-refractivity contribution in [3.05, 3.63) is 0 Å². The maximum atomic E-state index is 12.5. The Morgan fingerprint density at radius 3 is 2.46 bits per heavy atom. The van der Waals surface area contributed by atoms with E-state index in [4.69, 9.17) is 4.74 Å². The summed E-state index contributed by atoms with van der Waals surface area (Å²) in [6, 6.07) is 0. The minimum absolute atomic E-state index is 0.138. The summed E-state index contributed by atoms with van der Waals surface area (Å²) in [5.41, 5.74) is 0.484. The number of rotatable bonds is 6. The number of likely N-dealkylation sites (tertiary alicyclic amines) is 1. The molecule has 0 bridgehead atoms. The van der Waals surface area contributed by atoms with Gasteiger partial charge in [-0.1, -0.05) is 34.1 Å². The van der Waals surface area contributed by atoms with Crippen LogP contribution in [0.2, 0.25) is 0 Å². The van der Waals surface area contributed by atoms with Gasteiger partial charge in [0.2, 0.25) is 0 Å². The van der Waals surface area contributed by atoms with Crippen LogP contribution >= 0.6 is 0 Å². The highest BCUT2D eigenvalue weighted by molar-refractivity contribution is 5.67. The summed E-state index contributed by atoms with van der Waals surface area (Å²) >= 11 is 0. The van der Waals surface area contributed by atoms with Gasteiger partial charge in [0, 0.05) is 25.6 Å². The highest BCUT2D eigenvalue weighted by Crippen LogP contribution is 2.69. The highest BCUT2D eigenvalue weighted by atomic mass is 16.6. The number of fused-ring (bicyclic) bond motifs is 5. The molecular formula is C31H53NO5. The molecule has 5 fully saturated rings. The fraction of sp³-hybridized carbons (Fsp3) is 0.968. The molecule has 0 aromatic heterocycles. The molecule has 0 radical (unpaired) electrons. The summed E-state index contributed by atoms with van der Waals surface area (Å²) in [4.78, 5) is 14.2. The Kier molecular flexibility index (Phi) is 7.95. The van der Waals surface area contributed by atoms with Gasteiger partial charge in [-0.2, -0.15) is 0 Å². The molecule has 1 saturated heterocycles. The Hall–Kier alpha value is -0.850. The van der Waals surface area contributed by atoms with Crippen molar-refractivity contribution in [1.29, 1.82) is 0 Å². The van der Waals surface area contributed by atoms with E-state index in [1.807, 2.05) is 0 Å². The second-order valence-electron chi connectivity index (χ2n) is 14.3. The molecule has 3 N–H and O–H groups in total. The lowest BCUT2D eigenvalue weighted by atomic mass is 9.41. The minimum atomic E-state index is -0.249. The van der Waals surface area contributed by atoms with Crippen LogP contribution in [-0.2, 0) is 4.74 Å². The van der Waals surface area contributed by atoms with Gasteiger partial charge in [-0.15, -0.1) is 0 Å². The second kappa shape index (κ2) is 10.6. The lowest BCUT2D eigenvalue weighted by Crippen LogP contribution is -2.62. The van der Waals surface area contributed by atoms with Crippen LogP contribution < -0.4 is 0 Å². The quantitative estimate of drug-likeness (QED) is 0.455. The predicted molar refractivity (Wildman–Crippen MR) is 144 cm³/mol. The predicted octanol–water partition coefficient (Wildman–Crippen LogP) is 5.09. The van der Waals surface area contributed by atoms with Crippen molar-refractivity contribution in [2.75, 3.05) is 26.3 Å². The largest absolute Gasteiger partial charge is 0.449 e. The first-order valence-corrected chi connectivity index (χ1v) is 15.5. The smallest absolute Gasteiger partial charge is 0.409 e. The molecule has 0 spiro atoms. The topological polar surface area (TPSA) is 90.2 Å². The Morgan fingerprint density at radius 2 is 1.76 bits per heavy atom. The van der Waals surface area contributed by atoms with Gasteiger partial charge in [-0.3, -0.25) is 0 Å². The molecule has 6 heteroatoms. The Morgan fingerprint density at radius 1 is 1.03 bits per heavy atom. The number of carbonyl (C=O) groups is 1. The number of ether oxygens (including phenoxy) is 1. The third kappa shape index (κ3) is 4.65. The van der Waals surface area contributed by atoms with E-state index < -0.39 is 0 Å². The monoisotopic (exact) mass is 519 g/mol. The van der Waals surface area contributed by atoms with Crippen LogP contribution in [0.25, 0.3) is 0 Å². The number of hydrogen-bond donors (Lipinski definition) is 3. The van der Waals surface area contributed by atoms with E-state index in [9.17, 15) is 20.1 Å². The van der Waals surface area contributed by atoms with Crippen molar-refractivity contribution < 1.29 is 24.9 Å². The van der Waals surface area contributed by atoms with Crippen molar-refractivity contribution in [2.24, 2.45) is 58.2 Å². The van der Waals surface area contributed by atoms with E-state index in [-0.39, 0.29) is 41.7 Å². The van der Waals surface area contributed by atoms with Gasteiger partial charge in [0.25, 0.3) is 0 Å². The molecule has 5 rings (SSSR count). The van der Waals surface area contributed by atoms with Gasteiger partial charge < -0.3 is 25.0 Å². The highest BCUT2D eigenvalue weighted by Gasteiger charge is 2.64. The van der Waals surface area contributed by atoms with Crippen LogP contribution in [0.1, 0.15) is 91.9 Å². The molecule has 37 heavy (non-hydrogen) atoms. The third-order valence-corrected chi connectivity index (χ3v) is 12.8. The molecule has 1 amide bonds. The molecule has 12 atom stereocenters. The number of nitrogens with zero attached hydrogens (tertiary/aromatic N) is 1. The third-order valence-electron chi connectivity index (χ3n) is 12.8. The fourth-order valence-electron chi connectivity index (χ4n) is 10.7. The number of aliphatic hydroxyl groups is 3. The van der Waals surface area contributed by atoms with Crippen LogP contribution in [0.15, 0.2) is 0 Å². The van der Waals surface area contributed by atoms with E-state index in [1.54, 1.807) is 4.90 Å². The number of carbonyl (C=O) groups excluding carboxylic acids is 1. The van der Waals surface area contributed by atoms with Crippen molar-refractivity contribution >= 4 is 6.09 Å². The second-order valence-corrected chi connectivity index (χ2v) is 14.3. The van der Waals surface area contributed by atoms with Gasteiger partial charge in [-0.25, -0.2) is 4.79 Å². The number of aliphatic hydroxyl groups excluding tert-OH is 3. The summed E-state index contributed by atoms with van der Waals surface area (Å²) in [5, 5.41) is 31.7. The average molecular weight is 520 g/mol. The van der Waals surface area contributed by atoms with Crippen LogP contribution in [0.3, 0.4) is 0 Å². The van der Waals surface area contributed by atoms with Crippen LogP contribution in [-0.4, -0.2) is 64.8 Å². The molecular weight excluding hydrogens is 466 g/mol. The Labute approximate surface area is 224 Å². The molecule has 0 aromatic rings. The lowest BCUT2D eigenvalue weighted by Gasteiger charge is -2.64. The molecule has 6 nitrogen and oxygen atoms in total. The maximum absolute atomic E-state index is 12.5. The van der Waals surface area contributed by atoms with Crippen LogP contribution in [0.5, 0.6) is 0 Å². The van der Waals surface area contributed by atoms with Crippen molar-refractivity contribution in [2.45, 2.75) is 104 Å². The molecule has 1 unspecified atom stereocenters. The SMILES string of the molecule is CC[C@H]1[C@@H](O)C2[C@@H]3CC[C@H]([C@H](C)CCOC(=O)N4CC[C@H](CO)C4)[C@@]3(C)CC[C@@H]2[C@@]2(C)CC[C@@H](O)C[C@@H]12. The molecule has 0 aromatic carbocycles. The zero-order valence-corrected chi connectivity index (χ0v) is 23.8. The standard InChI is InChI=1S/C31H53NO5/c1-5-22-26-16-21(34)8-12-31(26,4)25-9-13-30(3)23(6-7-24(30)27(25)28(22)35)19(2)11-15-37-29(36)32-14-10-20(17-32)18-33/h19-28,33-35H,5-18H2,1-4H3/t19-,20+,21-,22-,23-,24+,25+,26+,27?,28-,30-,31-/m1/s1. The molecule has 1 heterocycles. The Balaban J connectivity index is 1.24. The van der Waals surface area contributed by atoms with Gasteiger partial charge in [0.1, 0.15) is 0 Å². The van der Waals surface area contributed by atoms with Gasteiger partial charge in [0.05, 0.1) is 18.8 Å². The zero-order valence-electron chi connectivity index (χ0n) is 23.8. The molecule has 4 aliphatic carbocycles. The molecule has 4 saturated carbocycles. The number of amides is 1. The van der Waals surface area contributed by atoms with Crippen molar-refractivity contribution in [3.63, 3.8) is 0 Å². The van der Waals surface area contributed by atoms with E-state index >= 15 is 0 Å². The van der Waals surface area contributed by atoms with E-state index in [0.717, 1.165) is 38.5 Å². The number of hydrogen-bond acceptors (Lipinski definition) is 5. The van der Waals surface area contributed by atoms with Gasteiger partial charge >= 0.3 is 6.09 Å². The van der Waals surface area contributed by atoms with E-state index in [0.29, 0.717) is 61.1 Å². The van der Waals surface area contributed by atoms with Gasteiger partial charge in [0.15, 0.2) is 0 Å². The normalized spacial score (nSPS) is 48.2. The summed E-state index contributed by atoms with van der Waals surface area (Å²) in [5.74, 6) is 3.54. The first-order chi connectivity index (χ1) is 17.6. The maximum Gasteiger partial charge on any atom is 0.409 e. The zero-order chi connectivity index (χ0) is 26.5. The summed E-state index contributed by atoms with van der Waals surface area (Å²) in [6.07, 6.45) is 9.83. The molecule has 212 valence electrons. The molecule has 5 aliphatic rings. The fourth-order valence-corrected chi connectivity index (χ4v) is 10.7. The first-order valence-electron chi connectivity index (χ1n) is 15.5. The van der Waals surface area contributed by atoms with Crippen molar-refractivity contribution in [1.82, 2.24) is 4.90 Å². The van der Waals surface area contributed by atoms with Crippen LogP contribution in [0, 0.1) is 58.2 Å². The van der Waals surface area contributed by atoms with E-state index in [1.165, 1.54) is 25.7 Å². The van der Waals surface area contributed by atoms with Crippen LogP contribution in [0.4, 0.5) is 4.79 Å². The minimum Gasteiger partial charge on any atom is -0.449 e. The summed E-state index contributed by atoms with van der Waals surface area (Å²) < 4.78 is 5.68. The first kappa shape index (κ1) is 27.7. The average Bonchev–Trinajstić information content (AvgIpc) is 3.50. The van der Waals surface area contributed by atoms with Crippen molar-refractivity contribution in [3.8, 4) is 0 Å². The lowest BCUT2D eigenvalue weighted by molar-refractivity contribution is -0.203. The Bertz CT molecular complexity index is 821. The summed E-state index contributed by atoms with van der Waals surface area (Å²) in [6.45, 7) is 11.5.